The van der Waals surface area contributed by atoms with Crippen molar-refractivity contribution in [3.63, 3.8) is 0 Å². The largest absolute Gasteiger partial charge is 0.390 e. The molecule has 0 saturated heterocycles. The van der Waals surface area contributed by atoms with Gasteiger partial charge in [0.05, 0.1) is 34.1 Å². The monoisotopic (exact) mass is 594 g/mol. The van der Waals surface area contributed by atoms with E-state index in [4.69, 9.17) is 15.8 Å². The molecule has 3 aromatic rings. The number of alkyl halides is 3. The molecule has 0 N–H and O–H groups in total. The van der Waals surface area contributed by atoms with Gasteiger partial charge in [-0.1, -0.05) is 43.0 Å². The molecule has 214 valence electrons. The minimum Gasteiger partial charge on any atom is -0.382 e. The Morgan fingerprint density at radius 2 is 1.70 bits per heavy atom. The third kappa shape index (κ3) is 5.88. The van der Waals surface area contributed by atoms with E-state index in [1.165, 1.54) is 18.6 Å². The maximum atomic E-state index is 13.9. The number of amides is 1. The maximum Gasteiger partial charge on any atom is 0.390 e. The number of hydrogen-bond acceptors (Lipinski definition) is 4. The van der Waals surface area contributed by atoms with Gasteiger partial charge < -0.3 is 13.7 Å². The molecule has 0 bridgehead atoms. The zero-order valence-electron chi connectivity index (χ0n) is 22.0. The SMILES string of the molecule is Cc1c2c(n(-c3ccccc3Cl)c1-c1ccc(OS(=O)(=O)CCC(F)(F)F)cc1)CCN(C1CCCCC1)C2=O. The van der Waals surface area contributed by atoms with Gasteiger partial charge in [0.2, 0.25) is 0 Å². The van der Waals surface area contributed by atoms with E-state index >= 15 is 0 Å². The summed E-state index contributed by atoms with van der Waals surface area (Å²) in [6, 6.07) is 13.7. The van der Waals surface area contributed by atoms with Gasteiger partial charge in [0, 0.05) is 24.7 Å². The van der Waals surface area contributed by atoms with Gasteiger partial charge in [-0.15, -0.1) is 0 Å². The fourth-order valence-electron chi connectivity index (χ4n) is 5.82. The molecule has 1 aliphatic heterocycles. The first-order valence-corrected chi connectivity index (χ1v) is 15.3. The molecule has 11 heteroatoms. The van der Waals surface area contributed by atoms with Gasteiger partial charge in [0.15, 0.2) is 0 Å². The first kappa shape index (κ1) is 28.5. The van der Waals surface area contributed by atoms with Gasteiger partial charge in [-0.25, -0.2) is 0 Å². The standard InChI is InChI=1S/C29H30ClF3N2O4S/c1-19-26-25(15-17-34(28(26)36)21-7-3-2-4-8-21)35(24-10-6-5-9-23(24)30)27(19)20-11-13-22(14-12-20)39-40(37,38)18-16-29(31,32)33/h5-6,9-14,21H,2-4,7-8,15-18H2,1H3. The maximum absolute atomic E-state index is 13.9. The van der Waals surface area contributed by atoms with Crippen LogP contribution in [-0.4, -0.2) is 48.3 Å². The lowest BCUT2D eigenvalue weighted by atomic mass is 9.91. The van der Waals surface area contributed by atoms with Gasteiger partial charge in [-0.2, -0.15) is 21.6 Å². The van der Waals surface area contributed by atoms with Crippen LogP contribution in [0.25, 0.3) is 16.9 Å². The summed E-state index contributed by atoms with van der Waals surface area (Å²) in [7, 11) is -4.43. The van der Waals surface area contributed by atoms with E-state index in [2.05, 4.69) is 0 Å². The van der Waals surface area contributed by atoms with Crippen molar-refractivity contribution in [1.82, 2.24) is 9.47 Å². The molecular weight excluding hydrogens is 565 g/mol. The molecule has 1 fully saturated rings. The number of carbonyl (C=O) groups is 1. The summed E-state index contributed by atoms with van der Waals surface area (Å²) in [4.78, 5) is 15.9. The molecular formula is C29H30ClF3N2O4S. The van der Waals surface area contributed by atoms with E-state index < -0.39 is 28.5 Å². The van der Waals surface area contributed by atoms with Crippen LogP contribution in [0.3, 0.4) is 0 Å². The minimum atomic E-state index is -4.61. The zero-order valence-corrected chi connectivity index (χ0v) is 23.6. The highest BCUT2D eigenvalue weighted by Gasteiger charge is 2.37. The normalized spacial score (nSPS) is 16.7. The summed E-state index contributed by atoms with van der Waals surface area (Å²) in [6.45, 7) is 2.52. The Labute approximate surface area is 236 Å². The van der Waals surface area contributed by atoms with Crippen LogP contribution in [0.15, 0.2) is 48.5 Å². The number of aromatic nitrogens is 1. The number of rotatable bonds is 7. The summed E-state index contributed by atoms with van der Waals surface area (Å²) in [6.07, 6.45) is -0.00195. The van der Waals surface area contributed by atoms with Crippen molar-refractivity contribution in [2.24, 2.45) is 0 Å². The van der Waals surface area contributed by atoms with Crippen LogP contribution in [0.5, 0.6) is 5.75 Å². The molecule has 0 unspecified atom stereocenters. The Balaban J connectivity index is 1.53. The fraction of sp³-hybridized carbons (Fsp3) is 0.414. The summed E-state index contributed by atoms with van der Waals surface area (Å²) in [5, 5.41) is 0.513. The van der Waals surface area contributed by atoms with Crippen molar-refractivity contribution in [3.05, 3.63) is 70.4 Å². The van der Waals surface area contributed by atoms with Gasteiger partial charge >= 0.3 is 16.3 Å². The summed E-state index contributed by atoms with van der Waals surface area (Å²) in [5.41, 5.74) is 4.45. The fourth-order valence-corrected chi connectivity index (χ4v) is 7.01. The smallest absolute Gasteiger partial charge is 0.382 e. The van der Waals surface area contributed by atoms with Gasteiger partial charge in [-0.3, -0.25) is 4.79 Å². The van der Waals surface area contributed by atoms with Crippen LogP contribution in [0.2, 0.25) is 5.02 Å². The first-order chi connectivity index (χ1) is 19.0. The molecule has 1 aromatic heterocycles. The third-order valence-corrected chi connectivity index (χ3v) is 9.14. The van der Waals surface area contributed by atoms with Crippen molar-refractivity contribution < 1.29 is 30.6 Å². The molecule has 1 aliphatic carbocycles. The van der Waals surface area contributed by atoms with E-state index in [0.29, 0.717) is 29.1 Å². The predicted octanol–water partition coefficient (Wildman–Crippen LogP) is 7.10. The molecule has 40 heavy (non-hydrogen) atoms. The van der Waals surface area contributed by atoms with E-state index in [-0.39, 0.29) is 17.7 Å². The van der Waals surface area contributed by atoms with Crippen LogP contribution in [-0.2, 0) is 16.5 Å². The number of hydrogen-bond donors (Lipinski definition) is 0. The van der Waals surface area contributed by atoms with Crippen molar-refractivity contribution in [2.45, 2.75) is 64.1 Å². The van der Waals surface area contributed by atoms with Crippen LogP contribution in [0.1, 0.15) is 60.1 Å². The van der Waals surface area contributed by atoms with Crippen LogP contribution >= 0.6 is 11.6 Å². The average molecular weight is 595 g/mol. The highest BCUT2D eigenvalue weighted by Crippen LogP contribution is 2.40. The molecule has 0 spiro atoms. The van der Waals surface area contributed by atoms with Crippen molar-refractivity contribution >= 4 is 27.6 Å². The molecule has 6 nitrogen and oxygen atoms in total. The molecule has 1 saturated carbocycles. The topological polar surface area (TPSA) is 68.6 Å². The molecule has 1 amide bonds. The Bertz CT molecular complexity index is 1510. The van der Waals surface area contributed by atoms with E-state index in [0.717, 1.165) is 48.3 Å². The predicted molar refractivity (Wildman–Crippen MR) is 148 cm³/mol. The van der Waals surface area contributed by atoms with Gasteiger partial charge in [0.1, 0.15) is 5.75 Å². The van der Waals surface area contributed by atoms with Gasteiger partial charge in [-0.05, 0) is 67.3 Å². The van der Waals surface area contributed by atoms with Crippen LogP contribution in [0, 0.1) is 6.92 Å². The Morgan fingerprint density at radius 1 is 1.02 bits per heavy atom. The Morgan fingerprint density at radius 3 is 2.35 bits per heavy atom. The highest BCUT2D eigenvalue weighted by atomic mass is 35.5. The molecule has 2 heterocycles. The third-order valence-electron chi connectivity index (χ3n) is 7.67. The van der Waals surface area contributed by atoms with Crippen LogP contribution < -0.4 is 4.18 Å². The minimum absolute atomic E-state index is 0.00779. The zero-order chi connectivity index (χ0) is 28.7. The Kier molecular flexibility index (Phi) is 7.94. The number of para-hydroxylation sites is 1. The van der Waals surface area contributed by atoms with E-state index in [1.807, 2.05) is 34.6 Å². The molecule has 5 rings (SSSR count). The Hall–Kier alpha value is -2.98. The molecule has 2 aliphatic rings. The second-order valence-corrected chi connectivity index (χ2v) is 12.5. The second-order valence-electron chi connectivity index (χ2n) is 10.4. The number of carbonyl (C=O) groups excluding carboxylic acids is 1. The van der Waals surface area contributed by atoms with Crippen molar-refractivity contribution in [2.75, 3.05) is 12.3 Å². The molecule has 2 aromatic carbocycles. The molecule has 0 radical (unpaired) electrons. The quantitative estimate of drug-likeness (QED) is 0.274. The second kappa shape index (κ2) is 11.1. The van der Waals surface area contributed by atoms with Gasteiger partial charge in [0.25, 0.3) is 5.91 Å². The molecule has 0 atom stereocenters. The van der Waals surface area contributed by atoms with E-state index in [1.54, 1.807) is 18.2 Å². The summed E-state index contributed by atoms with van der Waals surface area (Å²) >= 11 is 6.63. The number of halogens is 4. The highest BCUT2D eigenvalue weighted by molar-refractivity contribution is 7.87. The lowest BCUT2D eigenvalue weighted by molar-refractivity contribution is -0.130. The lowest BCUT2D eigenvalue weighted by Crippen LogP contribution is -2.45. The summed E-state index contributed by atoms with van der Waals surface area (Å²) < 4.78 is 68.6. The average Bonchev–Trinajstić information content (AvgIpc) is 3.21. The van der Waals surface area contributed by atoms with Crippen LogP contribution in [0.4, 0.5) is 13.2 Å². The first-order valence-electron chi connectivity index (χ1n) is 13.3. The number of benzene rings is 2. The van der Waals surface area contributed by atoms with Crippen molar-refractivity contribution in [3.8, 4) is 22.7 Å². The number of nitrogens with zero attached hydrogens (tertiary/aromatic N) is 2. The van der Waals surface area contributed by atoms with Crippen molar-refractivity contribution in [1.29, 1.82) is 0 Å². The summed E-state index contributed by atoms with van der Waals surface area (Å²) in [5.74, 6) is -1.25. The lowest BCUT2D eigenvalue weighted by Gasteiger charge is -2.37. The van der Waals surface area contributed by atoms with E-state index in [9.17, 15) is 26.4 Å². The number of fused-ring (bicyclic) bond motifs is 1.